The Hall–Kier alpha value is -0.0800. The lowest BCUT2D eigenvalue weighted by atomic mass is 10.0. The van der Waals surface area contributed by atoms with Crippen LogP contribution in [-0.4, -0.2) is 30.6 Å². The molecule has 0 aromatic rings. The van der Waals surface area contributed by atoms with Crippen LogP contribution in [0.4, 0.5) is 0 Å². The van der Waals surface area contributed by atoms with E-state index in [1.807, 2.05) is 0 Å². The summed E-state index contributed by atoms with van der Waals surface area (Å²) < 4.78 is 0. The summed E-state index contributed by atoms with van der Waals surface area (Å²) in [5.74, 6) is 0.843. The molecule has 8 heavy (non-hydrogen) atoms. The fourth-order valence-electron chi connectivity index (χ4n) is 1.83. The van der Waals surface area contributed by atoms with Crippen molar-refractivity contribution in [3.63, 3.8) is 0 Å². The number of rotatable bonds is 0. The minimum Gasteiger partial charge on any atom is -0.326 e. The van der Waals surface area contributed by atoms with E-state index in [0.29, 0.717) is 6.04 Å². The van der Waals surface area contributed by atoms with Crippen molar-refractivity contribution in [2.45, 2.75) is 12.5 Å². The zero-order valence-corrected chi connectivity index (χ0v) is 5.01. The van der Waals surface area contributed by atoms with Crippen LogP contribution in [0.1, 0.15) is 6.42 Å². The van der Waals surface area contributed by atoms with Crippen molar-refractivity contribution in [3.8, 4) is 0 Å². The van der Waals surface area contributed by atoms with E-state index in [2.05, 4.69) is 4.90 Å². The standard InChI is InChI=1S/C6H12N2/c7-6-4-8-2-1-5(6)3-8/h5-6H,1-4,7H2/t5-,6+/m1/s1. The van der Waals surface area contributed by atoms with Crippen molar-refractivity contribution in [1.29, 1.82) is 0 Å². The second-order valence-corrected chi connectivity index (χ2v) is 2.97. The van der Waals surface area contributed by atoms with Crippen LogP contribution >= 0.6 is 0 Å². The highest BCUT2D eigenvalue weighted by Crippen LogP contribution is 2.25. The summed E-state index contributed by atoms with van der Waals surface area (Å²) in [7, 11) is 0. The topological polar surface area (TPSA) is 29.3 Å². The van der Waals surface area contributed by atoms with Gasteiger partial charge in [0, 0.05) is 19.1 Å². The predicted octanol–water partition coefficient (Wildman–Crippen LogP) is -0.351. The minimum absolute atomic E-state index is 0.503. The summed E-state index contributed by atoms with van der Waals surface area (Å²) in [4.78, 5) is 2.45. The van der Waals surface area contributed by atoms with E-state index in [1.165, 1.54) is 19.5 Å². The number of fused-ring (bicyclic) bond motifs is 2. The summed E-state index contributed by atoms with van der Waals surface area (Å²) in [6, 6.07) is 0.503. The predicted molar refractivity (Wildman–Crippen MR) is 32.5 cm³/mol. The Bertz CT molecular complexity index is 101. The Morgan fingerprint density at radius 3 is 2.50 bits per heavy atom. The number of hydrogen-bond acceptors (Lipinski definition) is 2. The molecule has 2 heterocycles. The van der Waals surface area contributed by atoms with Crippen LogP contribution in [0, 0.1) is 5.92 Å². The molecule has 0 saturated carbocycles. The maximum atomic E-state index is 5.78. The van der Waals surface area contributed by atoms with E-state index in [4.69, 9.17) is 5.73 Å². The van der Waals surface area contributed by atoms with Gasteiger partial charge in [0.15, 0.2) is 0 Å². The van der Waals surface area contributed by atoms with Crippen molar-refractivity contribution in [2.75, 3.05) is 19.6 Å². The molecule has 2 bridgehead atoms. The highest BCUT2D eigenvalue weighted by atomic mass is 15.2. The first kappa shape index (κ1) is 4.77. The normalized spacial score (nSPS) is 52.9. The Morgan fingerprint density at radius 2 is 2.25 bits per heavy atom. The van der Waals surface area contributed by atoms with E-state index in [1.54, 1.807) is 0 Å². The van der Waals surface area contributed by atoms with Gasteiger partial charge in [-0.25, -0.2) is 0 Å². The molecule has 2 heteroatoms. The molecule has 0 aliphatic carbocycles. The number of hydrogen-bond donors (Lipinski definition) is 1. The molecule has 46 valence electrons. The van der Waals surface area contributed by atoms with Crippen LogP contribution in [0.2, 0.25) is 0 Å². The van der Waals surface area contributed by atoms with Gasteiger partial charge in [0.25, 0.3) is 0 Å². The minimum atomic E-state index is 0.503. The van der Waals surface area contributed by atoms with Crippen LogP contribution < -0.4 is 5.73 Å². The Kier molecular flexibility index (Phi) is 0.866. The molecule has 2 fully saturated rings. The van der Waals surface area contributed by atoms with Crippen LogP contribution in [0.5, 0.6) is 0 Å². The van der Waals surface area contributed by atoms with E-state index in [-0.39, 0.29) is 0 Å². The molecule has 0 aromatic carbocycles. The summed E-state index contributed by atoms with van der Waals surface area (Å²) in [6.45, 7) is 3.74. The molecule has 2 aliphatic rings. The number of nitrogens with zero attached hydrogens (tertiary/aromatic N) is 1. The fraction of sp³-hybridized carbons (Fsp3) is 1.00. The Balaban J connectivity index is 2.11. The third-order valence-electron chi connectivity index (χ3n) is 2.38. The highest BCUT2D eigenvalue weighted by molar-refractivity contribution is 4.92. The molecule has 2 saturated heterocycles. The third kappa shape index (κ3) is 0.501. The number of piperidine rings is 1. The fourth-order valence-corrected chi connectivity index (χ4v) is 1.83. The molecule has 0 radical (unpaired) electrons. The lowest BCUT2D eigenvalue weighted by Gasteiger charge is -2.16. The highest BCUT2D eigenvalue weighted by Gasteiger charge is 2.35. The summed E-state index contributed by atoms with van der Waals surface area (Å²) >= 11 is 0. The number of nitrogens with two attached hydrogens (primary N) is 1. The van der Waals surface area contributed by atoms with Gasteiger partial charge in [0.05, 0.1) is 0 Å². The quantitative estimate of drug-likeness (QED) is 0.464. The van der Waals surface area contributed by atoms with Crippen LogP contribution in [-0.2, 0) is 0 Å². The summed E-state index contributed by atoms with van der Waals surface area (Å²) in [5, 5.41) is 0. The molecule has 2 nitrogen and oxygen atoms in total. The smallest absolute Gasteiger partial charge is 0.0209 e. The lowest BCUT2D eigenvalue weighted by molar-refractivity contribution is 0.346. The average molecular weight is 112 g/mol. The second-order valence-electron chi connectivity index (χ2n) is 2.97. The molecular formula is C6H12N2. The Labute approximate surface area is 49.7 Å². The zero-order valence-electron chi connectivity index (χ0n) is 5.01. The zero-order chi connectivity index (χ0) is 5.56. The van der Waals surface area contributed by atoms with Gasteiger partial charge in [0.1, 0.15) is 0 Å². The van der Waals surface area contributed by atoms with Crippen molar-refractivity contribution in [1.82, 2.24) is 4.90 Å². The molecule has 3 atom stereocenters. The molecule has 0 spiro atoms. The molecule has 2 aliphatic heterocycles. The monoisotopic (exact) mass is 112 g/mol. The third-order valence-corrected chi connectivity index (χ3v) is 2.38. The molecule has 1 unspecified atom stereocenters. The first-order valence-electron chi connectivity index (χ1n) is 3.34. The van der Waals surface area contributed by atoms with Gasteiger partial charge in [-0.1, -0.05) is 0 Å². The van der Waals surface area contributed by atoms with Gasteiger partial charge in [-0.2, -0.15) is 0 Å². The van der Waals surface area contributed by atoms with E-state index in [0.717, 1.165) is 12.5 Å². The maximum Gasteiger partial charge on any atom is 0.0209 e. The van der Waals surface area contributed by atoms with Crippen molar-refractivity contribution in [3.05, 3.63) is 0 Å². The summed E-state index contributed by atoms with van der Waals surface area (Å²) in [6.07, 6.45) is 1.35. The van der Waals surface area contributed by atoms with Crippen molar-refractivity contribution in [2.24, 2.45) is 11.7 Å². The van der Waals surface area contributed by atoms with E-state index in [9.17, 15) is 0 Å². The van der Waals surface area contributed by atoms with Gasteiger partial charge in [0.2, 0.25) is 0 Å². The Morgan fingerprint density at radius 1 is 1.38 bits per heavy atom. The second kappa shape index (κ2) is 1.45. The van der Waals surface area contributed by atoms with Gasteiger partial charge in [-0.15, -0.1) is 0 Å². The summed E-state index contributed by atoms with van der Waals surface area (Å²) in [5.41, 5.74) is 5.78. The van der Waals surface area contributed by atoms with Gasteiger partial charge < -0.3 is 10.6 Å². The lowest BCUT2D eigenvalue weighted by Crippen LogP contribution is -2.34. The van der Waals surface area contributed by atoms with E-state index >= 15 is 0 Å². The first-order valence-corrected chi connectivity index (χ1v) is 3.34. The van der Waals surface area contributed by atoms with Crippen LogP contribution in [0.15, 0.2) is 0 Å². The first-order chi connectivity index (χ1) is 3.86. The molecule has 0 aromatic heterocycles. The molecule has 2 N–H and O–H groups in total. The van der Waals surface area contributed by atoms with Crippen molar-refractivity contribution >= 4 is 0 Å². The maximum absolute atomic E-state index is 5.78. The van der Waals surface area contributed by atoms with Gasteiger partial charge in [-0.3, -0.25) is 0 Å². The van der Waals surface area contributed by atoms with Crippen molar-refractivity contribution < 1.29 is 0 Å². The van der Waals surface area contributed by atoms with Gasteiger partial charge >= 0.3 is 0 Å². The molecular weight excluding hydrogens is 100 g/mol. The largest absolute Gasteiger partial charge is 0.326 e. The molecule has 0 amide bonds. The van der Waals surface area contributed by atoms with Crippen LogP contribution in [0.25, 0.3) is 0 Å². The van der Waals surface area contributed by atoms with E-state index < -0.39 is 0 Å². The van der Waals surface area contributed by atoms with Gasteiger partial charge in [-0.05, 0) is 18.9 Å². The average Bonchev–Trinajstić information content (AvgIpc) is 2.23. The van der Waals surface area contributed by atoms with Crippen LogP contribution in [0.3, 0.4) is 0 Å². The molecule has 2 rings (SSSR count). The SMILES string of the molecule is N[C@H]1CN2CC[C@@H]1C2.